The molecule has 1 aliphatic rings. The van der Waals surface area contributed by atoms with Crippen molar-refractivity contribution < 1.29 is 24.2 Å². The Balaban J connectivity index is 2.02. The number of fused-ring (bicyclic) bond motifs is 1. The molecule has 0 unspecified atom stereocenters. The number of nitrogens with zero attached hydrogens (tertiary/aromatic N) is 1. The Kier molecular flexibility index (Phi) is 6.80. The molecule has 0 fully saturated rings. The third-order valence-electron chi connectivity index (χ3n) is 3.99. The number of amides is 2. The molecule has 0 atom stereocenters. The molecule has 7 nitrogen and oxygen atoms in total. The minimum absolute atomic E-state index is 0.0167. The van der Waals surface area contributed by atoms with Gasteiger partial charge in [0.2, 0.25) is 5.91 Å². The molecule has 0 aliphatic carbocycles. The van der Waals surface area contributed by atoms with Gasteiger partial charge >= 0.3 is 5.97 Å². The minimum Gasteiger partial charge on any atom is -0.481 e. The van der Waals surface area contributed by atoms with E-state index in [1.807, 2.05) is 0 Å². The van der Waals surface area contributed by atoms with Crippen LogP contribution in [-0.2, 0) is 14.4 Å². The van der Waals surface area contributed by atoms with Gasteiger partial charge in [-0.25, -0.2) is 0 Å². The maximum absolute atomic E-state index is 12.1. The van der Waals surface area contributed by atoms with Crippen LogP contribution in [0.5, 0.6) is 5.75 Å². The summed E-state index contributed by atoms with van der Waals surface area (Å²) in [6.45, 7) is 2.78. The Labute approximate surface area is 147 Å². The number of unbranched alkanes of at least 4 members (excludes halogenated alkanes) is 3. The number of carbonyl (C=O) groups is 3. The zero-order valence-corrected chi connectivity index (χ0v) is 14.4. The lowest BCUT2D eigenvalue weighted by Gasteiger charge is -2.29. The van der Waals surface area contributed by atoms with Crippen molar-refractivity contribution >= 4 is 29.2 Å². The first-order valence-electron chi connectivity index (χ1n) is 8.60. The summed E-state index contributed by atoms with van der Waals surface area (Å²) >= 11 is 0. The van der Waals surface area contributed by atoms with E-state index in [4.69, 9.17) is 9.84 Å². The van der Waals surface area contributed by atoms with E-state index >= 15 is 0 Å². The standard InChI is InChI=1S/C18H24N2O5/c1-2-3-4-5-10-20-14-7-6-13(11-15(14)25-12-17(20)22)19-16(21)8-9-18(23)24/h6-7,11H,2-5,8-10,12H2,1H3,(H,19,21)(H,23,24). The van der Waals surface area contributed by atoms with E-state index in [-0.39, 0.29) is 31.3 Å². The summed E-state index contributed by atoms with van der Waals surface area (Å²) in [5.74, 6) is -0.903. The number of carboxylic acid groups (broad SMARTS) is 1. The van der Waals surface area contributed by atoms with Gasteiger partial charge in [-0.3, -0.25) is 14.4 Å². The maximum atomic E-state index is 12.1. The largest absolute Gasteiger partial charge is 0.481 e. The van der Waals surface area contributed by atoms with Crippen LogP contribution in [0.1, 0.15) is 45.4 Å². The molecule has 1 aromatic rings. The predicted octanol–water partition coefficient (Wildman–Crippen LogP) is 2.80. The summed E-state index contributed by atoms with van der Waals surface area (Å²) < 4.78 is 5.48. The van der Waals surface area contributed by atoms with Crippen molar-refractivity contribution in [1.82, 2.24) is 0 Å². The fourth-order valence-electron chi connectivity index (χ4n) is 2.67. The number of benzene rings is 1. The zero-order chi connectivity index (χ0) is 18.2. The first-order valence-corrected chi connectivity index (χ1v) is 8.60. The monoisotopic (exact) mass is 348 g/mol. The highest BCUT2D eigenvalue weighted by Gasteiger charge is 2.25. The molecule has 0 aromatic heterocycles. The number of hydrogen-bond acceptors (Lipinski definition) is 4. The molecule has 0 saturated carbocycles. The van der Waals surface area contributed by atoms with Crippen LogP contribution in [0, 0.1) is 0 Å². The molecule has 2 N–H and O–H groups in total. The average molecular weight is 348 g/mol. The van der Waals surface area contributed by atoms with Crippen LogP contribution >= 0.6 is 0 Å². The van der Waals surface area contributed by atoms with Gasteiger partial charge in [0.15, 0.2) is 6.61 Å². The highest BCUT2D eigenvalue weighted by atomic mass is 16.5. The van der Waals surface area contributed by atoms with Gasteiger partial charge in [-0.1, -0.05) is 26.2 Å². The SMILES string of the molecule is CCCCCCN1C(=O)COc2cc(NC(=O)CCC(=O)O)ccc21. The van der Waals surface area contributed by atoms with E-state index < -0.39 is 5.97 Å². The van der Waals surface area contributed by atoms with Crippen molar-refractivity contribution in [3.63, 3.8) is 0 Å². The van der Waals surface area contributed by atoms with Crippen molar-refractivity contribution in [2.24, 2.45) is 0 Å². The molecule has 2 amide bonds. The number of ether oxygens (including phenoxy) is 1. The van der Waals surface area contributed by atoms with Gasteiger partial charge in [0, 0.05) is 24.7 Å². The van der Waals surface area contributed by atoms with E-state index in [1.165, 1.54) is 0 Å². The average Bonchev–Trinajstić information content (AvgIpc) is 2.58. The molecule has 0 spiro atoms. The molecule has 2 rings (SSSR count). The molecule has 0 bridgehead atoms. The van der Waals surface area contributed by atoms with E-state index in [9.17, 15) is 14.4 Å². The van der Waals surface area contributed by atoms with Gasteiger partial charge in [-0.15, -0.1) is 0 Å². The van der Waals surface area contributed by atoms with Crippen LogP contribution in [0.2, 0.25) is 0 Å². The van der Waals surface area contributed by atoms with E-state index in [0.29, 0.717) is 23.7 Å². The lowest BCUT2D eigenvalue weighted by molar-refractivity contribution is -0.138. The lowest BCUT2D eigenvalue weighted by Crippen LogP contribution is -2.39. The lowest BCUT2D eigenvalue weighted by atomic mass is 10.1. The highest BCUT2D eigenvalue weighted by Crippen LogP contribution is 2.34. The Bertz CT molecular complexity index is 644. The summed E-state index contributed by atoms with van der Waals surface area (Å²) in [5.41, 5.74) is 1.23. The summed E-state index contributed by atoms with van der Waals surface area (Å²) in [7, 11) is 0. The molecule has 0 saturated heterocycles. The Hall–Kier alpha value is -2.57. The molecular weight excluding hydrogens is 324 g/mol. The first-order chi connectivity index (χ1) is 12.0. The van der Waals surface area contributed by atoms with Crippen LogP contribution in [-0.4, -0.2) is 36.0 Å². The molecule has 0 radical (unpaired) electrons. The van der Waals surface area contributed by atoms with Gasteiger partial charge < -0.3 is 20.1 Å². The van der Waals surface area contributed by atoms with E-state index in [0.717, 1.165) is 25.7 Å². The smallest absolute Gasteiger partial charge is 0.303 e. The number of carboxylic acids is 1. The third kappa shape index (κ3) is 5.48. The number of aliphatic carboxylic acids is 1. The second-order valence-electron chi connectivity index (χ2n) is 6.02. The molecule has 7 heteroatoms. The normalized spacial score (nSPS) is 13.2. The Morgan fingerprint density at radius 1 is 1.24 bits per heavy atom. The molecule has 1 aromatic carbocycles. The van der Waals surface area contributed by atoms with E-state index in [1.54, 1.807) is 23.1 Å². The van der Waals surface area contributed by atoms with Crippen LogP contribution in [0.3, 0.4) is 0 Å². The molecule has 1 heterocycles. The highest BCUT2D eigenvalue weighted by molar-refractivity contribution is 5.99. The fraction of sp³-hybridized carbons (Fsp3) is 0.500. The van der Waals surface area contributed by atoms with Crippen LogP contribution in [0.15, 0.2) is 18.2 Å². The summed E-state index contributed by atoms with van der Waals surface area (Å²) in [4.78, 5) is 36.1. The summed E-state index contributed by atoms with van der Waals surface area (Å²) in [5, 5.41) is 11.3. The predicted molar refractivity (Wildman–Crippen MR) is 93.9 cm³/mol. The third-order valence-corrected chi connectivity index (χ3v) is 3.99. The van der Waals surface area contributed by atoms with Crippen molar-refractivity contribution in [2.45, 2.75) is 45.4 Å². The van der Waals surface area contributed by atoms with Gasteiger partial charge in [0.1, 0.15) is 5.75 Å². The van der Waals surface area contributed by atoms with Crippen LogP contribution < -0.4 is 15.0 Å². The maximum Gasteiger partial charge on any atom is 0.303 e. The van der Waals surface area contributed by atoms with Crippen molar-refractivity contribution in [3.8, 4) is 5.75 Å². The number of nitrogens with one attached hydrogen (secondary N) is 1. The topological polar surface area (TPSA) is 95.9 Å². The van der Waals surface area contributed by atoms with Gasteiger partial charge in [0.25, 0.3) is 5.91 Å². The van der Waals surface area contributed by atoms with Gasteiger partial charge in [0.05, 0.1) is 12.1 Å². The Morgan fingerprint density at radius 2 is 2.04 bits per heavy atom. The second-order valence-corrected chi connectivity index (χ2v) is 6.02. The molecule has 1 aliphatic heterocycles. The van der Waals surface area contributed by atoms with Gasteiger partial charge in [-0.2, -0.15) is 0 Å². The summed E-state index contributed by atoms with van der Waals surface area (Å²) in [6, 6.07) is 5.11. The molecule has 25 heavy (non-hydrogen) atoms. The van der Waals surface area contributed by atoms with Crippen molar-refractivity contribution in [1.29, 1.82) is 0 Å². The van der Waals surface area contributed by atoms with Gasteiger partial charge in [-0.05, 0) is 18.6 Å². The van der Waals surface area contributed by atoms with Crippen LogP contribution in [0.25, 0.3) is 0 Å². The minimum atomic E-state index is -1.01. The van der Waals surface area contributed by atoms with Crippen LogP contribution in [0.4, 0.5) is 11.4 Å². The number of rotatable bonds is 9. The zero-order valence-electron chi connectivity index (χ0n) is 14.4. The summed E-state index contributed by atoms with van der Waals surface area (Å²) in [6.07, 6.45) is 3.99. The van der Waals surface area contributed by atoms with E-state index in [2.05, 4.69) is 12.2 Å². The number of carbonyl (C=O) groups excluding carboxylic acids is 2. The molecule has 136 valence electrons. The molecular formula is C18H24N2O5. The number of anilines is 2. The van der Waals surface area contributed by atoms with Crippen molar-refractivity contribution in [2.75, 3.05) is 23.4 Å². The number of hydrogen-bond donors (Lipinski definition) is 2. The quantitative estimate of drug-likeness (QED) is 0.669. The fourth-order valence-corrected chi connectivity index (χ4v) is 2.67. The second kappa shape index (κ2) is 9.05. The Morgan fingerprint density at radius 3 is 2.76 bits per heavy atom. The first kappa shape index (κ1) is 18.8. The van der Waals surface area contributed by atoms with Crippen molar-refractivity contribution in [3.05, 3.63) is 18.2 Å².